The number of carbonyl (C=O) groups excluding carboxylic acids is 9. The third-order valence-electron chi connectivity index (χ3n) is 11.5. The molecular formula is C48H81N11O11. The lowest BCUT2D eigenvalue weighted by Crippen LogP contribution is -2.61. The molecule has 0 spiro atoms. The zero-order chi connectivity index (χ0) is 53.4. The van der Waals surface area contributed by atoms with Crippen molar-refractivity contribution in [1.82, 2.24) is 42.5 Å². The second-order valence-corrected chi connectivity index (χ2v) is 19.2. The fourth-order valence-electron chi connectivity index (χ4n) is 7.14. The van der Waals surface area contributed by atoms with Crippen LogP contribution in [0.3, 0.4) is 0 Å². The number of nitrogens with one attached hydrogen (secondary N) is 8. The van der Waals surface area contributed by atoms with Crippen LogP contribution in [0.25, 0.3) is 0 Å². The zero-order valence-corrected chi connectivity index (χ0v) is 42.5. The normalized spacial score (nSPS) is 15.6. The summed E-state index contributed by atoms with van der Waals surface area (Å²) < 4.78 is 0. The van der Waals surface area contributed by atoms with Crippen molar-refractivity contribution in [2.24, 2.45) is 40.9 Å². The Morgan fingerprint density at radius 1 is 0.543 bits per heavy atom. The molecule has 0 aliphatic carbocycles. The average molecular weight is 988 g/mol. The van der Waals surface area contributed by atoms with Crippen LogP contribution in [0.4, 0.5) is 0 Å². The number of hydrogen-bond donors (Lipinski definition) is 12. The first-order chi connectivity index (χ1) is 32.7. The highest BCUT2D eigenvalue weighted by molar-refractivity contribution is 5.98. The third kappa shape index (κ3) is 22.5. The van der Waals surface area contributed by atoms with E-state index in [1.165, 1.54) is 13.8 Å². The molecule has 0 bridgehead atoms. The Bertz CT molecular complexity index is 1920. The third-order valence-corrected chi connectivity index (χ3v) is 11.5. The van der Waals surface area contributed by atoms with Gasteiger partial charge in [0.15, 0.2) is 0 Å². The van der Waals surface area contributed by atoms with Crippen molar-refractivity contribution >= 4 is 59.1 Å². The summed E-state index contributed by atoms with van der Waals surface area (Å²) in [5.41, 5.74) is 18.1. The summed E-state index contributed by atoms with van der Waals surface area (Å²) in [6, 6.07) is -1.82. The molecule has 22 heteroatoms. The lowest BCUT2D eigenvalue weighted by atomic mass is 9.95. The van der Waals surface area contributed by atoms with E-state index in [1.54, 1.807) is 27.7 Å². The van der Waals surface area contributed by atoms with E-state index in [2.05, 4.69) is 42.5 Å². The predicted molar refractivity (Wildman–Crippen MR) is 262 cm³/mol. The van der Waals surface area contributed by atoms with Gasteiger partial charge in [0.1, 0.15) is 48.3 Å². The van der Waals surface area contributed by atoms with E-state index in [4.69, 9.17) is 17.2 Å². The summed E-state index contributed by atoms with van der Waals surface area (Å²) in [5.74, 6) is -9.53. The van der Waals surface area contributed by atoms with Gasteiger partial charge in [0.25, 0.3) is 0 Å². The zero-order valence-electron chi connectivity index (χ0n) is 42.5. The molecule has 0 saturated carbocycles. The van der Waals surface area contributed by atoms with Crippen molar-refractivity contribution in [3.05, 3.63) is 35.9 Å². The van der Waals surface area contributed by atoms with Crippen molar-refractivity contribution in [2.75, 3.05) is 6.54 Å². The molecule has 0 aliphatic rings. The summed E-state index contributed by atoms with van der Waals surface area (Å²) in [7, 11) is 0. The molecule has 0 fully saturated rings. The maximum absolute atomic E-state index is 14.0. The minimum absolute atomic E-state index is 0.0241. The summed E-state index contributed by atoms with van der Waals surface area (Å²) in [5, 5.41) is 29.9. The van der Waals surface area contributed by atoms with Crippen LogP contribution >= 0.6 is 0 Å². The van der Waals surface area contributed by atoms with Crippen molar-refractivity contribution in [1.29, 1.82) is 0 Å². The number of carboxylic acids is 1. The van der Waals surface area contributed by atoms with Gasteiger partial charge in [0.2, 0.25) is 53.2 Å². The Labute approximate surface area is 412 Å². The quantitative estimate of drug-likeness (QED) is 0.0400. The fourth-order valence-corrected chi connectivity index (χ4v) is 7.14. The van der Waals surface area contributed by atoms with E-state index < -0.39 is 132 Å². The Morgan fingerprint density at radius 2 is 1.00 bits per heavy atom. The Hall–Kier alpha value is -6.16. The van der Waals surface area contributed by atoms with Crippen LogP contribution in [0.15, 0.2) is 30.3 Å². The number of aliphatic carboxylic acids is 1. The number of primary amides is 1. The molecule has 0 heterocycles. The van der Waals surface area contributed by atoms with Gasteiger partial charge >= 0.3 is 5.97 Å². The lowest BCUT2D eigenvalue weighted by molar-refractivity contribution is -0.142. The smallest absolute Gasteiger partial charge is 0.325 e. The minimum atomic E-state index is -1.57. The predicted octanol–water partition coefficient (Wildman–Crippen LogP) is -0.642. The van der Waals surface area contributed by atoms with Gasteiger partial charge in [0, 0.05) is 0 Å². The summed E-state index contributed by atoms with van der Waals surface area (Å²) in [6.07, 6.45) is 1.34. The second-order valence-electron chi connectivity index (χ2n) is 19.2. The Kier molecular flexibility index (Phi) is 27.5. The van der Waals surface area contributed by atoms with Crippen LogP contribution in [-0.2, 0) is 54.4 Å². The molecule has 10 atom stereocenters. The number of unbranched alkanes of at least 4 members (excludes halogenated alkanes) is 1. The molecular weight excluding hydrogens is 907 g/mol. The molecule has 22 nitrogen and oxygen atoms in total. The van der Waals surface area contributed by atoms with Gasteiger partial charge in [-0.3, -0.25) is 47.9 Å². The first-order valence-corrected chi connectivity index (χ1v) is 24.2. The van der Waals surface area contributed by atoms with Gasteiger partial charge in [-0.15, -0.1) is 0 Å². The highest BCUT2D eigenvalue weighted by Gasteiger charge is 2.36. The Morgan fingerprint density at radius 3 is 1.50 bits per heavy atom. The molecule has 394 valence electrons. The minimum Gasteiger partial charge on any atom is -0.480 e. The number of benzene rings is 1. The summed E-state index contributed by atoms with van der Waals surface area (Å²) in [4.78, 5) is 132. The standard InChI is InChI=1S/C48H81N11O11/c1-11-28(8)39(47(68)57-36(24-37(51)60)44(65)53-30(10)48(69)70)59-46(67)38(27(6)7)58-42(63)33(19-15-16-20-49)54-40(61)29(9)52-43(64)34(21-25(2)3)56-45(66)35(22-26(4)5)55-41(62)32(50)23-31-17-13-12-14-18-31/h12-14,17-18,25-30,32-36,38-39H,11,15-16,19-24,49-50H2,1-10H3,(H2,51,60)(H,52,64)(H,53,65)(H,54,61)(H,55,62)(H,56,66)(H,57,68)(H,58,63)(H,59,67)(H,69,70)/t28-,29-,30-,32-,33-,34-,35-,36-,38-,39-/m0/s1. The second kappa shape index (κ2) is 31.1. The number of nitrogens with two attached hydrogens (primary N) is 3. The molecule has 9 amide bonds. The monoisotopic (exact) mass is 988 g/mol. The van der Waals surface area contributed by atoms with Crippen LogP contribution < -0.4 is 59.7 Å². The number of amides is 9. The fraction of sp³-hybridized carbons (Fsp3) is 0.667. The van der Waals surface area contributed by atoms with E-state index in [0.29, 0.717) is 19.3 Å². The summed E-state index contributed by atoms with van der Waals surface area (Å²) in [6.45, 7) is 17.0. The van der Waals surface area contributed by atoms with E-state index in [9.17, 15) is 53.1 Å². The average Bonchev–Trinajstić information content (AvgIpc) is 3.27. The van der Waals surface area contributed by atoms with Crippen LogP contribution in [0.1, 0.15) is 120 Å². The maximum atomic E-state index is 14.0. The van der Waals surface area contributed by atoms with Crippen molar-refractivity contribution < 1.29 is 53.1 Å². The molecule has 0 saturated heterocycles. The van der Waals surface area contributed by atoms with Crippen molar-refractivity contribution in [3.63, 3.8) is 0 Å². The maximum Gasteiger partial charge on any atom is 0.325 e. The van der Waals surface area contributed by atoms with E-state index >= 15 is 0 Å². The first-order valence-electron chi connectivity index (χ1n) is 24.2. The molecule has 0 radical (unpaired) electrons. The molecule has 0 aromatic heterocycles. The molecule has 15 N–H and O–H groups in total. The van der Waals surface area contributed by atoms with Gasteiger partial charge in [-0.1, -0.05) is 92.1 Å². The Balaban J connectivity index is 3.26. The molecule has 1 aromatic rings. The van der Waals surface area contributed by atoms with Crippen LogP contribution in [0, 0.1) is 23.7 Å². The highest BCUT2D eigenvalue weighted by atomic mass is 16.4. The molecule has 70 heavy (non-hydrogen) atoms. The number of rotatable bonds is 32. The molecule has 0 aliphatic heterocycles. The number of hydrogen-bond acceptors (Lipinski definition) is 12. The number of carboxylic acid groups (broad SMARTS) is 1. The highest BCUT2D eigenvalue weighted by Crippen LogP contribution is 2.14. The molecule has 1 rings (SSSR count). The largest absolute Gasteiger partial charge is 0.480 e. The van der Waals surface area contributed by atoms with E-state index in [-0.39, 0.29) is 44.1 Å². The molecule has 0 unspecified atom stereocenters. The van der Waals surface area contributed by atoms with E-state index in [0.717, 1.165) is 5.56 Å². The van der Waals surface area contributed by atoms with Crippen LogP contribution in [0.5, 0.6) is 0 Å². The SMILES string of the molecule is CC[C@H](C)[C@H](NC(=O)[C@@H](NC(=O)[C@H](CCCCN)NC(=O)[C@H](C)NC(=O)[C@H](CC(C)C)NC(=O)[C@H](CC(C)C)NC(=O)[C@@H](N)Cc1ccccc1)C(C)C)C(=O)N[C@@H](CC(N)=O)C(=O)N[C@@H](C)C(=O)O. The first kappa shape index (κ1) is 61.9. The van der Waals surface area contributed by atoms with Crippen LogP contribution in [-0.4, -0.2) is 125 Å². The van der Waals surface area contributed by atoms with Gasteiger partial charge in [-0.2, -0.15) is 0 Å². The lowest BCUT2D eigenvalue weighted by Gasteiger charge is -2.30. The number of carbonyl (C=O) groups is 10. The van der Waals surface area contributed by atoms with Gasteiger partial charge in [0.05, 0.1) is 12.5 Å². The topological polar surface area (TPSA) is 365 Å². The van der Waals surface area contributed by atoms with Gasteiger partial charge < -0.3 is 64.8 Å². The van der Waals surface area contributed by atoms with E-state index in [1.807, 2.05) is 58.0 Å². The van der Waals surface area contributed by atoms with Crippen molar-refractivity contribution in [3.8, 4) is 0 Å². The summed E-state index contributed by atoms with van der Waals surface area (Å²) >= 11 is 0. The van der Waals surface area contributed by atoms with Crippen molar-refractivity contribution in [2.45, 2.75) is 175 Å². The van der Waals surface area contributed by atoms with Gasteiger partial charge in [-0.25, -0.2) is 0 Å². The van der Waals surface area contributed by atoms with Crippen LogP contribution in [0.2, 0.25) is 0 Å². The molecule has 1 aromatic carbocycles. The van der Waals surface area contributed by atoms with Gasteiger partial charge in [-0.05, 0) is 88.2 Å².